The van der Waals surface area contributed by atoms with Gasteiger partial charge in [0.1, 0.15) is 11.4 Å². The Morgan fingerprint density at radius 3 is 2.55 bits per heavy atom. The Labute approximate surface area is 191 Å². The molecule has 0 aliphatic heterocycles. The first-order valence-electron chi connectivity index (χ1n) is 10.5. The quantitative estimate of drug-likeness (QED) is 0.434. The molecule has 4 aromatic rings. The van der Waals surface area contributed by atoms with E-state index < -0.39 is 0 Å². The minimum atomic E-state index is -0.272. The third-order valence-electron chi connectivity index (χ3n) is 4.84. The third-order valence-corrected chi connectivity index (χ3v) is 4.84. The molecule has 2 aromatic heterocycles. The molecule has 0 atom stereocenters. The molecule has 4 rings (SSSR count). The average molecular weight is 444 g/mol. The van der Waals surface area contributed by atoms with E-state index in [0.717, 1.165) is 11.3 Å². The van der Waals surface area contributed by atoms with Crippen molar-refractivity contribution in [2.24, 2.45) is 0 Å². The number of aromatic nitrogens is 2. The number of nitrogens with one attached hydrogen (secondary N) is 2. The number of anilines is 1. The highest BCUT2D eigenvalue weighted by molar-refractivity contribution is 5.94. The number of hydrogen-bond donors (Lipinski definition) is 2. The van der Waals surface area contributed by atoms with Crippen molar-refractivity contribution in [2.45, 2.75) is 6.54 Å². The molecule has 33 heavy (non-hydrogen) atoms. The molecule has 0 spiro atoms. The number of amides is 2. The maximum absolute atomic E-state index is 13.1. The summed E-state index contributed by atoms with van der Waals surface area (Å²) in [6.07, 6.45) is 1.57. The second-order valence-corrected chi connectivity index (χ2v) is 7.81. The molecule has 0 radical (unpaired) electrons. The summed E-state index contributed by atoms with van der Waals surface area (Å²) in [7, 11) is 3.67. The number of rotatable bonds is 8. The Bertz CT molecular complexity index is 1230. The number of para-hydroxylation sites is 1. The molecule has 0 fully saturated rings. The van der Waals surface area contributed by atoms with Gasteiger partial charge in [-0.05, 0) is 56.1 Å². The van der Waals surface area contributed by atoms with E-state index in [1.165, 1.54) is 0 Å². The maximum Gasteiger partial charge on any atom is 0.270 e. The molecular formula is C25H25N5O3. The highest BCUT2D eigenvalue weighted by Crippen LogP contribution is 2.22. The second-order valence-electron chi connectivity index (χ2n) is 7.81. The molecule has 0 unspecified atom stereocenters. The van der Waals surface area contributed by atoms with Crippen LogP contribution in [-0.2, 0) is 11.3 Å². The van der Waals surface area contributed by atoms with Crippen molar-refractivity contribution in [1.82, 2.24) is 20.0 Å². The minimum Gasteiger partial charge on any atom is -0.463 e. The Kier molecular flexibility index (Phi) is 6.66. The van der Waals surface area contributed by atoms with Crippen LogP contribution in [0.4, 0.5) is 5.69 Å². The lowest BCUT2D eigenvalue weighted by atomic mass is 10.2. The van der Waals surface area contributed by atoms with Crippen LogP contribution in [0, 0.1) is 0 Å². The van der Waals surface area contributed by atoms with Crippen LogP contribution in [-0.4, -0.2) is 47.1 Å². The first-order chi connectivity index (χ1) is 16.0. The zero-order valence-corrected chi connectivity index (χ0v) is 18.5. The van der Waals surface area contributed by atoms with Crippen molar-refractivity contribution in [1.29, 1.82) is 0 Å². The summed E-state index contributed by atoms with van der Waals surface area (Å²) in [5.41, 5.74) is 3.28. The molecular weight excluding hydrogens is 418 g/mol. The van der Waals surface area contributed by atoms with Crippen LogP contribution < -0.4 is 10.6 Å². The lowest BCUT2D eigenvalue weighted by Gasteiger charge is -2.12. The molecule has 0 aliphatic rings. The predicted molar refractivity (Wildman–Crippen MR) is 126 cm³/mol. The Morgan fingerprint density at radius 2 is 1.82 bits per heavy atom. The van der Waals surface area contributed by atoms with Gasteiger partial charge in [0.25, 0.3) is 5.91 Å². The van der Waals surface area contributed by atoms with E-state index in [9.17, 15) is 9.59 Å². The Balaban J connectivity index is 1.51. The van der Waals surface area contributed by atoms with Crippen LogP contribution in [0.15, 0.2) is 83.5 Å². The van der Waals surface area contributed by atoms with Crippen LogP contribution in [0.1, 0.15) is 16.1 Å². The van der Waals surface area contributed by atoms with Gasteiger partial charge in [0.15, 0.2) is 5.76 Å². The summed E-state index contributed by atoms with van der Waals surface area (Å²) in [6.45, 7) is 0.592. The van der Waals surface area contributed by atoms with Crippen LogP contribution in [0.5, 0.6) is 0 Å². The fourth-order valence-electron chi connectivity index (χ4n) is 3.37. The summed E-state index contributed by atoms with van der Waals surface area (Å²) in [5.74, 6) is 0.213. The van der Waals surface area contributed by atoms with Gasteiger partial charge < -0.3 is 20.0 Å². The molecule has 2 heterocycles. The summed E-state index contributed by atoms with van der Waals surface area (Å²) < 4.78 is 7.06. The van der Waals surface area contributed by atoms with Crippen molar-refractivity contribution < 1.29 is 14.0 Å². The Hall–Kier alpha value is -4.17. The zero-order chi connectivity index (χ0) is 23.2. The molecule has 168 valence electrons. The summed E-state index contributed by atoms with van der Waals surface area (Å²) in [6, 6.07) is 22.1. The number of benzene rings is 2. The third kappa shape index (κ3) is 5.55. The number of likely N-dealkylation sites (N-methyl/N-ethyl adjacent to an activating group) is 1. The van der Waals surface area contributed by atoms with Crippen molar-refractivity contribution in [3.8, 4) is 17.1 Å². The zero-order valence-electron chi connectivity index (χ0n) is 18.5. The van der Waals surface area contributed by atoms with Gasteiger partial charge in [0.2, 0.25) is 5.91 Å². The van der Waals surface area contributed by atoms with Gasteiger partial charge in [-0.3, -0.25) is 9.59 Å². The van der Waals surface area contributed by atoms with E-state index in [-0.39, 0.29) is 11.8 Å². The van der Waals surface area contributed by atoms with Crippen molar-refractivity contribution in [2.75, 3.05) is 26.0 Å². The topological polar surface area (TPSA) is 92.4 Å². The highest BCUT2D eigenvalue weighted by atomic mass is 16.3. The van der Waals surface area contributed by atoms with Crippen LogP contribution in [0.25, 0.3) is 17.1 Å². The van der Waals surface area contributed by atoms with E-state index in [0.29, 0.717) is 35.9 Å². The molecule has 8 nitrogen and oxygen atoms in total. The molecule has 0 aliphatic carbocycles. The lowest BCUT2D eigenvalue weighted by molar-refractivity contribution is -0.116. The molecule has 2 N–H and O–H groups in total. The van der Waals surface area contributed by atoms with Gasteiger partial charge >= 0.3 is 0 Å². The molecule has 0 saturated carbocycles. The van der Waals surface area contributed by atoms with Crippen molar-refractivity contribution in [3.63, 3.8) is 0 Å². The van der Waals surface area contributed by atoms with Gasteiger partial charge in [-0.25, -0.2) is 4.68 Å². The van der Waals surface area contributed by atoms with Gasteiger partial charge in [-0.15, -0.1) is 0 Å². The number of hydrogen-bond acceptors (Lipinski definition) is 5. The maximum atomic E-state index is 13.1. The highest BCUT2D eigenvalue weighted by Gasteiger charge is 2.18. The van der Waals surface area contributed by atoms with Crippen molar-refractivity contribution >= 4 is 17.5 Å². The molecule has 2 aromatic carbocycles. The minimum absolute atomic E-state index is 0.0987. The van der Waals surface area contributed by atoms with Crippen molar-refractivity contribution in [3.05, 3.63) is 90.3 Å². The average Bonchev–Trinajstić information content (AvgIpc) is 3.48. The van der Waals surface area contributed by atoms with Gasteiger partial charge in [-0.2, -0.15) is 5.10 Å². The first kappa shape index (κ1) is 22.0. The number of carbonyl (C=O) groups is 2. The normalized spacial score (nSPS) is 10.9. The van der Waals surface area contributed by atoms with E-state index in [1.54, 1.807) is 34.0 Å². The number of carbonyl (C=O) groups excluding carboxylic acids is 2. The van der Waals surface area contributed by atoms with Gasteiger partial charge in [0, 0.05) is 18.3 Å². The Morgan fingerprint density at radius 1 is 1.00 bits per heavy atom. The number of nitrogens with zero attached hydrogens (tertiary/aromatic N) is 3. The second kappa shape index (κ2) is 9.97. The summed E-state index contributed by atoms with van der Waals surface area (Å²) >= 11 is 0. The monoisotopic (exact) mass is 443 g/mol. The smallest absolute Gasteiger partial charge is 0.270 e. The lowest BCUT2D eigenvalue weighted by Crippen LogP contribution is -2.27. The van der Waals surface area contributed by atoms with E-state index >= 15 is 0 Å². The van der Waals surface area contributed by atoms with Gasteiger partial charge in [0.05, 0.1) is 18.5 Å². The summed E-state index contributed by atoms with van der Waals surface area (Å²) in [5, 5.41) is 10.4. The van der Waals surface area contributed by atoms with Crippen LogP contribution in [0.3, 0.4) is 0 Å². The summed E-state index contributed by atoms with van der Waals surface area (Å²) in [4.78, 5) is 26.9. The largest absolute Gasteiger partial charge is 0.463 e. The van der Waals surface area contributed by atoms with Crippen LogP contribution in [0.2, 0.25) is 0 Å². The number of furan rings is 1. The van der Waals surface area contributed by atoms with E-state index in [4.69, 9.17) is 4.42 Å². The van der Waals surface area contributed by atoms with E-state index in [2.05, 4.69) is 15.7 Å². The van der Waals surface area contributed by atoms with E-state index in [1.807, 2.05) is 68.7 Å². The molecule has 0 bridgehead atoms. The fourth-order valence-corrected chi connectivity index (χ4v) is 3.37. The predicted octanol–water partition coefficient (Wildman–Crippen LogP) is 3.56. The fraction of sp³-hybridized carbons (Fsp3) is 0.160. The van der Waals surface area contributed by atoms with Gasteiger partial charge in [-0.1, -0.05) is 30.3 Å². The standard InChI is InChI=1S/C25H25N5O3/c1-29(2)17-24(31)27-19-9-6-8-18(14-19)16-26-25(32)22-15-21(23-12-7-13-33-23)28-30(22)20-10-4-3-5-11-20/h3-15H,16-17H2,1-2H3,(H,26,32)(H,27,31). The SMILES string of the molecule is CN(C)CC(=O)Nc1cccc(CNC(=O)c2cc(-c3ccco3)nn2-c2ccccc2)c1. The molecule has 8 heteroatoms. The molecule has 2 amide bonds. The van der Waals surface area contributed by atoms with Crippen LogP contribution >= 0.6 is 0 Å². The first-order valence-corrected chi connectivity index (χ1v) is 10.5. The molecule has 0 saturated heterocycles.